The Morgan fingerprint density at radius 1 is 0.885 bits per heavy atom. The van der Waals surface area contributed by atoms with Crippen LogP contribution in [0.3, 0.4) is 0 Å². The van der Waals surface area contributed by atoms with Crippen molar-refractivity contribution in [3.63, 3.8) is 0 Å². The van der Waals surface area contributed by atoms with Crippen molar-refractivity contribution in [2.45, 2.75) is 71.3 Å². The number of ether oxygens (including phenoxy) is 2. The minimum absolute atomic E-state index is 0.0171. The fourth-order valence-corrected chi connectivity index (χ4v) is 3.45. The Morgan fingerprint density at radius 2 is 1.46 bits per heavy atom. The van der Waals surface area contributed by atoms with Gasteiger partial charge in [-0.1, -0.05) is 32.6 Å². The van der Waals surface area contributed by atoms with E-state index >= 15 is 0 Å². The van der Waals surface area contributed by atoms with Gasteiger partial charge in [-0.25, -0.2) is 0 Å². The Morgan fingerprint density at radius 3 is 2.00 bits per heavy atom. The molecule has 26 heavy (non-hydrogen) atoms. The van der Waals surface area contributed by atoms with Gasteiger partial charge >= 0.3 is 0 Å². The maximum absolute atomic E-state index is 12.6. The summed E-state index contributed by atoms with van der Waals surface area (Å²) in [5.41, 5.74) is 1.06. The highest BCUT2D eigenvalue weighted by Gasteiger charge is 2.34. The number of methoxy groups -OCH3 is 2. The van der Waals surface area contributed by atoms with Crippen molar-refractivity contribution in [2.24, 2.45) is 0 Å². The van der Waals surface area contributed by atoms with E-state index in [9.17, 15) is 9.59 Å². The second-order valence-corrected chi connectivity index (χ2v) is 7.19. The third-order valence-electron chi connectivity index (χ3n) is 5.18. The van der Waals surface area contributed by atoms with Gasteiger partial charge in [-0.05, 0) is 46.7 Å². The third-order valence-corrected chi connectivity index (χ3v) is 5.18. The average Bonchev–Trinajstić information content (AvgIpc) is 2.62. The van der Waals surface area contributed by atoms with Crippen LogP contribution in [0.5, 0.6) is 0 Å². The van der Waals surface area contributed by atoms with Crippen LogP contribution in [0, 0.1) is 0 Å². The zero-order chi connectivity index (χ0) is 19.7. The number of allylic oxidation sites excluding steroid dienone is 2. The zero-order valence-electron chi connectivity index (χ0n) is 17.3. The van der Waals surface area contributed by atoms with Gasteiger partial charge in [0.05, 0.1) is 14.2 Å². The molecule has 1 atom stereocenters. The van der Waals surface area contributed by atoms with E-state index < -0.39 is 0 Å². The van der Waals surface area contributed by atoms with E-state index in [2.05, 4.69) is 25.9 Å². The summed E-state index contributed by atoms with van der Waals surface area (Å²) in [5, 5.41) is 0. The number of carbonyl (C=O) groups excluding carboxylic acids is 2. The minimum Gasteiger partial charge on any atom is -0.489 e. The van der Waals surface area contributed by atoms with Crippen molar-refractivity contribution in [1.82, 2.24) is 4.90 Å². The molecule has 1 unspecified atom stereocenters. The Labute approximate surface area is 158 Å². The highest BCUT2D eigenvalue weighted by Crippen LogP contribution is 2.29. The summed E-state index contributed by atoms with van der Waals surface area (Å²) in [4.78, 5) is 27.3. The number of nitrogens with zero attached hydrogens (tertiary/aromatic N) is 1. The second-order valence-electron chi connectivity index (χ2n) is 7.19. The van der Waals surface area contributed by atoms with Crippen LogP contribution in [0.15, 0.2) is 22.7 Å². The number of carbonyl (C=O) groups is 2. The van der Waals surface area contributed by atoms with Crippen LogP contribution in [-0.2, 0) is 19.1 Å². The Kier molecular flexibility index (Phi) is 9.63. The van der Waals surface area contributed by atoms with Crippen LogP contribution >= 0.6 is 0 Å². The molecule has 0 N–H and O–H groups in total. The molecule has 0 aromatic rings. The first-order chi connectivity index (χ1) is 12.4. The molecule has 0 saturated carbocycles. The second kappa shape index (κ2) is 11.2. The van der Waals surface area contributed by atoms with Crippen LogP contribution in [0.4, 0.5) is 0 Å². The SMILES string of the molecule is CCCCC(CCCCCC1=C(C)C(=O)C(OC)=C(OC)C1=O)N(C)C. The molecule has 0 saturated heterocycles. The molecule has 0 heterocycles. The summed E-state index contributed by atoms with van der Waals surface area (Å²) in [7, 11) is 7.08. The number of rotatable bonds is 12. The predicted molar refractivity (Wildman–Crippen MR) is 104 cm³/mol. The van der Waals surface area contributed by atoms with Gasteiger partial charge in [-0.2, -0.15) is 0 Å². The molecule has 0 aromatic carbocycles. The van der Waals surface area contributed by atoms with E-state index in [0.29, 0.717) is 23.6 Å². The first kappa shape index (κ1) is 22.4. The number of unbranched alkanes of at least 4 members (excludes halogenated alkanes) is 3. The van der Waals surface area contributed by atoms with Crippen LogP contribution < -0.4 is 0 Å². The van der Waals surface area contributed by atoms with Crippen molar-refractivity contribution in [3.8, 4) is 0 Å². The van der Waals surface area contributed by atoms with E-state index in [1.807, 2.05) is 0 Å². The number of Topliss-reactive ketones (excluding diaryl/α,β-unsaturated/α-hetero) is 2. The smallest absolute Gasteiger partial charge is 0.228 e. The fraction of sp³-hybridized carbons (Fsp3) is 0.714. The van der Waals surface area contributed by atoms with Gasteiger partial charge < -0.3 is 14.4 Å². The number of hydrogen-bond acceptors (Lipinski definition) is 5. The minimum atomic E-state index is -0.244. The number of ketones is 2. The van der Waals surface area contributed by atoms with Gasteiger partial charge in [-0.3, -0.25) is 9.59 Å². The summed E-state index contributed by atoms with van der Waals surface area (Å²) in [6.07, 6.45) is 8.61. The van der Waals surface area contributed by atoms with E-state index in [0.717, 1.165) is 19.3 Å². The topological polar surface area (TPSA) is 55.8 Å². The predicted octanol–water partition coefficient (Wildman–Crippen LogP) is 4.03. The van der Waals surface area contributed by atoms with Gasteiger partial charge in [0.1, 0.15) is 0 Å². The summed E-state index contributed by atoms with van der Waals surface area (Å²) in [6, 6.07) is 0.626. The van der Waals surface area contributed by atoms with Gasteiger partial charge in [-0.15, -0.1) is 0 Å². The molecule has 0 bridgehead atoms. The molecule has 5 nitrogen and oxygen atoms in total. The third kappa shape index (κ3) is 5.70. The van der Waals surface area contributed by atoms with Gasteiger partial charge in [0.2, 0.25) is 23.1 Å². The van der Waals surface area contributed by atoms with Crippen molar-refractivity contribution in [3.05, 3.63) is 22.7 Å². The Balaban J connectivity index is 2.56. The first-order valence-corrected chi connectivity index (χ1v) is 9.66. The van der Waals surface area contributed by atoms with Crippen molar-refractivity contribution >= 4 is 11.6 Å². The van der Waals surface area contributed by atoms with Gasteiger partial charge in [0, 0.05) is 17.2 Å². The highest BCUT2D eigenvalue weighted by atomic mass is 16.5. The average molecular weight is 366 g/mol. The molecule has 1 aliphatic rings. The molecule has 1 aliphatic carbocycles. The molecule has 0 aromatic heterocycles. The molecule has 0 fully saturated rings. The Bertz CT molecular complexity index is 560. The standard InChI is InChI=1S/C21H35NO4/c1-7-8-12-16(22(3)4)13-10-9-11-14-17-15(2)18(23)20(25-5)21(26-6)19(17)24/h16H,7-14H2,1-6H3. The lowest BCUT2D eigenvalue weighted by Crippen LogP contribution is -2.27. The summed E-state index contributed by atoms with van der Waals surface area (Å²) in [6.45, 7) is 3.93. The van der Waals surface area contributed by atoms with E-state index in [4.69, 9.17) is 9.47 Å². The maximum atomic E-state index is 12.6. The largest absolute Gasteiger partial charge is 0.489 e. The Hall–Kier alpha value is -1.62. The van der Waals surface area contributed by atoms with E-state index in [1.54, 1.807) is 6.92 Å². The lowest BCUT2D eigenvalue weighted by molar-refractivity contribution is -0.121. The van der Waals surface area contributed by atoms with Crippen LogP contribution in [0.2, 0.25) is 0 Å². The molecule has 1 rings (SSSR count). The molecule has 0 radical (unpaired) electrons. The fourth-order valence-electron chi connectivity index (χ4n) is 3.45. The van der Waals surface area contributed by atoms with Crippen molar-refractivity contribution in [1.29, 1.82) is 0 Å². The molecule has 0 spiro atoms. The van der Waals surface area contributed by atoms with Gasteiger partial charge in [0.25, 0.3) is 0 Å². The maximum Gasteiger partial charge on any atom is 0.228 e. The summed E-state index contributed by atoms with van der Waals surface area (Å²) < 4.78 is 10.2. The van der Waals surface area contributed by atoms with E-state index in [1.165, 1.54) is 39.9 Å². The molecular weight excluding hydrogens is 330 g/mol. The van der Waals surface area contributed by atoms with Crippen LogP contribution in [0.1, 0.15) is 65.2 Å². The van der Waals surface area contributed by atoms with Crippen LogP contribution in [-0.4, -0.2) is 50.8 Å². The molecule has 5 heteroatoms. The molecule has 0 amide bonds. The quantitative estimate of drug-likeness (QED) is 0.386. The van der Waals surface area contributed by atoms with Gasteiger partial charge in [0.15, 0.2) is 0 Å². The number of hydrogen-bond donors (Lipinski definition) is 0. The molecular formula is C21H35NO4. The lowest BCUT2D eigenvalue weighted by atomic mass is 9.89. The van der Waals surface area contributed by atoms with Crippen molar-refractivity contribution in [2.75, 3.05) is 28.3 Å². The summed E-state index contributed by atoms with van der Waals surface area (Å²) in [5.74, 6) is -0.407. The molecule has 148 valence electrons. The zero-order valence-corrected chi connectivity index (χ0v) is 17.3. The lowest BCUT2D eigenvalue weighted by Gasteiger charge is -2.24. The van der Waals surface area contributed by atoms with Crippen LogP contribution in [0.25, 0.3) is 0 Å². The monoisotopic (exact) mass is 365 g/mol. The van der Waals surface area contributed by atoms with Crippen molar-refractivity contribution < 1.29 is 19.1 Å². The van der Waals surface area contributed by atoms with E-state index in [-0.39, 0.29) is 23.1 Å². The first-order valence-electron chi connectivity index (χ1n) is 9.66. The highest BCUT2D eigenvalue weighted by molar-refractivity contribution is 6.23. The normalized spacial score (nSPS) is 16.6. The summed E-state index contributed by atoms with van der Waals surface area (Å²) >= 11 is 0. The molecule has 0 aliphatic heterocycles.